The predicted molar refractivity (Wildman–Crippen MR) is 87.3 cm³/mol. The van der Waals surface area contributed by atoms with Crippen LogP contribution in [0.4, 0.5) is 0 Å². The molecular formula is C19H23NO. The van der Waals surface area contributed by atoms with Crippen LogP contribution in [0.25, 0.3) is 0 Å². The lowest BCUT2D eigenvalue weighted by Crippen LogP contribution is -2.39. The Hall–Kier alpha value is -1.93. The van der Waals surface area contributed by atoms with Crippen molar-refractivity contribution < 1.29 is 4.79 Å². The molecule has 2 rings (SSSR count). The SMILES string of the molecule is CCN(Cc1ccccc1)CC(C)(C=O)c1ccccc1. The molecule has 2 aromatic rings. The van der Waals surface area contributed by atoms with Crippen molar-refractivity contribution in [1.82, 2.24) is 4.90 Å². The van der Waals surface area contributed by atoms with E-state index < -0.39 is 5.41 Å². The monoisotopic (exact) mass is 281 g/mol. The molecular weight excluding hydrogens is 258 g/mol. The summed E-state index contributed by atoms with van der Waals surface area (Å²) in [6, 6.07) is 20.4. The summed E-state index contributed by atoms with van der Waals surface area (Å²) >= 11 is 0. The smallest absolute Gasteiger partial charge is 0.131 e. The Labute approximate surface area is 127 Å². The summed E-state index contributed by atoms with van der Waals surface area (Å²) in [5, 5.41) is 0. The van der Waals surface area contributed by atoms with Crippen molar-refractivity contribution in [3.8, 4) is 0 Å². The molecule has 0 radical (unpaired) electrons. The van der Waals surface area contributed by atoms with Crippen LogP contribution in [0.2, 0.25) is 0 Å². The molecule has 0 aliphatic carbocycles. The fraction of sp³-hybridized carbons (Fsp3) is 0.316. The Kier molecular flexibility index (Phi) is 5.29. The molecule has 2 nitrogen and oxygen atoms in total. The summed E-state index contributed by atoms with van der Waals surface area (Å²) in [5.41, 5.74) is 1.89. The molecule has 0 fully saturated rings. The third-order valence-corrected chi connectivity index (χ3v) is 3.94. The fourth-order valence-corrected chi connectivity index (χ4v) is 2.60. The summed E-state index contributed by atoms with van der Waals surface area (Å²) in [6.07, 6.45) is 1.08. The zero-order chi connectivity index (χ0) is 15.1. The minimum Gasteiger partial charge on any atom is -0.302 e. The molecule has 21 heavy (non-hydrogen) atoms. The maximum atomic E-state index is 11.7. The second-order valence-electron chi connectivity index (χ2n) is 5.69. The van der Waals surface area contributed by atoms with Gasteiger partial charge in [0.15, 0.2) is 0 Å². The van der Waals surface area contributed by atoms with E-state index in [9.17, 15) is 4.79 Å². The fourth-order valence-electron chi connectivity index (χ4n) is 2.60. The van der Waals surface area contributed by atoms with Crippen molar-refractivity contribution in [2.75, 3.05) is 13.1 Å². The molecule has 0 aliphatic rings. The maximum absolute atomic E-state index is 11.7. The summed E-state index contributed by atoms with van der Waals surface area (Å²) < 4.78 is 0. The first-order valence-electron chi connectivity index (χ1n) is 7.46. The van der Waals surface area contributed by atoms with Crippen LogP contribution >= 0.6 is 0 Å². The topological polar surface area (TPSA) is 20.3 Å². The molecule has 0 heterocycles. The average molecular weight is 281 g/mol. The first kappa shape index (κ1) is 15.5. The van der Waals surface area contributed by atoms with Gasteiger partial charge in [0.2, 0.25) is 0 Å². The Morgan fingerprint density at radius 1 is 1.00 bits per heavy atom. The highest BCUT2D eigenvalue weighted by Crippen LogP contribution is 2.23. The van der Waals surface area contributed by atoms with Crippen LogP contribution in [0, 0.1) is 0 Å². The highest BCUT2D eigenvalue weighted by Gasteiger charge is 2.28. The van der Waals surface area contributed by atoms with E-state index in [-0.39, 0.29) is 0 Å². The van der Waals surface area contributed by atoms with E-state index in [1.54, 1.807) is 0 Å². The predicted octanol–water partition coefficient (Wildman–Crippen LogP) is 3.67. The number of rotatable bonds is 7. The molecule has 0 bridgehead atoms. The number of carbonyl (C=O) groups excluding carboxylic acids is 1. The molecule has 0 N–H and O–H groups in total. The van der Waals surface area contributed by atoms with E-state index in [0.29, 0.717) is 0 Å². The van der Waals surface area contributed by atoms with Gasteiger partial charge >= 0.3 is 0 Å². The van der Waals surface area contributed by atoms with Gasteiger partial charge in [-0.05, 0) is 24.6 Å². The minimum absolute atomic E-state index is 0.466. The van der Waals surface area contributed by atoms with Gasteiger partial charge in [0, 0.05) is 13.1 Å². The molecule has 0 amide bonds. The van der Waals surface area contributed by atoms with Gasteiger partial charge in [-0.25, -0.2) is 0 Å². The van der Waals surface area contributed by atoms with Gasteiger partial charge in [-0.2, -0.15) is 0 Å². The number of nitrogens with zero attached hydrogens (tertiary/aromatic N) is 1. The minimum atomic E-state index is -0.466. The largest absolute Gasteiger partial charge is 0.302 e. The molecule has 2 heteroatoms. The number of benzene rings is 2. The Morgan fingerprint density at radius 2 is 1.57 bits per heavy atom. The normalized spacial score (nSPS) is 13.9. The second kappa shape index (κ2) is 7.19. The quantitative estimate of drug-likeness (QED) is 0.722. The van der Waals surface area contributed by atoms with Crippen LogP contribution in [0.15, 0.2) is 60.7 Å². The number of likely N-dealkylation sites (N-methyl/N-ethyl adjacent to an activating group) is 1. The molecule has 0 aliphatic heterocycles. The van der Waals surface area contributed by atoms with Crippen molar-refractivity contribution in [3.05, 3.63) is 71.8 Å². The molecule has 0 aromatic heterocycles. The molecule has 1 atom stereocenters. The second-order valence-corrected chi connectivity index (χ2v) is 5.69. The third kappa shape index (κ3) is 4.02. The van der Waals surface area contributed by atoms with Crippen LogP contribution in [0.3, 0.4) is 0 Å². The van der Waals surface area contributed by atoms with Crippen LogP contribution in [-0.4, -0.2) is 24.3 Å². The molecule has 0 spiro atoms. The van der Waals surface area contributed by atoms with Crippen LogP contribution in [0.5, 0.6) is 0 Å². The Morgan fingerprint density at radius 3 is 2.10 bits per heavy atom. The Balaban J connectivity index is 2.14. The molecule has 1 unspecified atom stereocenters. The number of carbonyl (C=O) groups is 1. The van der Waals surface area contributed by atoms with E-state index >= 15 is 0 Å². The first-order chi connectivity index (χ1) is 10.2. The van der Waals surface area contributed by atoms with Crippen LogP contribution in [0.1, 0.15) is 25.0 Å². The van der Waals surface area contributed by atoms with Crippen LogP contribution in [-0.2, 0) is 16.8 Å². The van der Waals surface area contributed by atoms with Crippen LogP contribution < -0.4 is 0 Å². The van der Waals surface area contributed by atoms with Crippen molar-refractivity contribution >= 4 is 6.29 Å². The standard InChI is InChI=1S/C19H23NO/c1-3-20(14-17-10-6-4-7-11-17)15-19(2,16-21)18-12-8-5-9-13-18/h4-13,16H,3,14-15H2,1-2H3. The van der Waals surface area contributed by atoms with Gasteiger partial charge < -0.3 is 4.79 Å². The van der Waals surface area contributed by atoms with Gasteiger partial charge in [-0.15, -0.1) is 0 Å². The zero-order valence-corrected chi connectivity index (χ0v) is 12.8. The van der Waals surface area contributed by atoms with E-state index in [0.717, 1.165) is 31.5 Å². The molecule has 2 aromatic carbocycles. The van der Waals surface area contributed by atoms with Crippen molar-refractivity contribution in [1.29, 1.82) is 0 Å². The number of hydrogen-bond acceptors (Lipinski definition) is 2. The van der Waals surface area contributed by atoms with E-state index in [2.05, 4.69) is 36.1 Å². The van der Waals surface area contributed by atoms with Crippen molar-refractivity contribution in [2.24, 2.45) is 0 Å². The van der Waals surface area contributed by atoms with Gasteiger partial charge in [-0.3, -0.25) is 4.90 Å². The Bertz CT molecular complexity index is 552. The van der Waals surface area contributed by atoms with E-state index in [4.69, 9.17) is 0 Å². The van der Waals surface area contributed by atoms with Gasteiger partial charge in [0.05, 0.1) is 5.41 Å². The number of hydrogen-bond donors (Lipinski definition) is 0. The third-order valence-electron chi connectivity index (χ3n) is 3.94. The lowest BCUT2D eigenvalue weighted by Gasteiger charge is -2.31. The first-order valence-corrected chi connectivity index (χ1v) is 7.46. The van der Waals surface area contributed by atoms with Crippen molar-refractivity contribution in [3.63, 3.8) is 0 Å². The highest BCUT2D eigenvalue weighted by atomic mass is 16.1. The average Bonchev–Trinajstić information content (AvgIpc) is 2.56. The summed E-state index contributed by atoms with van der Waals surface area (Å²) in [7, 11) is 0. The van der Waals surface area contributed by atoms with Gasteiger partial charge in [0.25, 0.3) is 0 Å². The summed E-state index contributed by atoms with van der Waals surface area (Å²) in [4.78, 5) is 14.0. The lowest BCUT2D eigenvalue weighted by atomic mass is 9.83. The van der Waals surface area contributed by atoms with Gasteiger partial charge in [0.1, 0.15) is 6.29 Å². The maximum Gasteiger partial charge on any atom is 0.131 e. The zero-order valence-electron chi connectivity index (χ0n) is 12.8. The van der Waals surface area contributed by atoms with E-state index in [1.807, 2.05) is 43.3 Å². The number of aldehydes is 1. The molecule has 110 valence electrons. The molecule has 0 saturated carbocycles. The molecule has 0 saturated heterocycles. The van der Waals surface area contributed by atoms with Gasteiger partial charge in [-0.1, -0.05) is 67.6 Å². The van der Waals surface area contributed by atoms with E-state index in [1.165, 1.54) is 5.56 Å². The summed E-state index contributed by atoms with van der Waals surface area (Å²) in [6.45, 7) is 6.67. The van der Waals surface area contributed by atoms with Crippen molar-refractivity contribution in [2.45, 2.75) is 25.8 Å². The summed E-state index contributed by atoms with van der Waals surface area (Å²) in [5.74, 6) is 0. The highest BCUT2D eigenvalue weighted by molar-refractivity contribution is 5.68. The lowest BCUT2D eigenvalue weighted by molar-refractivity contribution is -0.112.